The van der Waals surface area contributed by atoms with Crippen molar-refractivity contribution in [2.75, 3.05) is 13.1 Å². The van der Waals surface area contributed by atoms with Crippen LogP contribution in [0.25, 0.3) is 0 Å². The van der Waals surface area contributed by atoms with Gasteiger partial charge in [0.25, 0.3) is 0 Å². The summed E-state index contributed by atoms with van der Waals surface area (Å²) in [7, 11) is 0. The summed E-state index contributed by atoms with van der Waals surface area (Å²) in [5.41, 5.74) is 5.83. The van der Waals surface area contributed by atoms with Gasteiger partial charge in [0, 0.05) is 0 Å². The average molecular weight is 158 g/mol. The molecule has 0 rings (SSSR count). The second-order valence-electron chi connectivity index (χ2n) is 3.64. The van der Waals surface area contributed by atoms with E-state index < -0.39 is 0 Å². The second-order valence-corrected chi connectivity index (χ2v) is 3.64. The molecule has 0 radical (unpaired) electrons. The third-order valence-corrected chi connectivity index (χ3v) is 1.80. The Morgan fingerprint density at radius 3 is 1.64 bits per heavy atom. The van der Waals surface area contributed by atoms with Gasteiger partial charge in [-0.25, -0.2) is 0 Å². The predicted octanol–water partition coefficient (Wildman–Crippen LogP) is 1.80. The third-order valence-electron chi connectivity index (χ3n) is 1.80. The van der Waals surface area contributed by atoms with Crippen LogP contribution in [0.5, 0.6) is 0 Å². The van der Waals surface area contributed by atoms with E-state index in [1.807, 2.05) is 0 Å². The van der Waals surface area contributed by atoms with Crippen molar-refractivity contribution in [1.29, 1.82) is 0 Å². The lowest BCUT2D eigenvalue weighted by molar-refractivity contribution is 0.126. The third kappa shape index (κ3) is 4.38. The first-order valence-corrected chi connectivity index (χ1v) is 4.56. The van der Waals surface area contributed by atoms with Crippen LogP contribution in [-0.4, -0.2) is 23.7 Å². The van der Waals surface area contributed by atoms with Crippen LogP contribution in [0.2, 0.25) is 0 Å². The molecule has 0 unspecified atom stereocenters. The largest absolute Gasteiger partial charge is 0.314 e. The van der Waals surface area contributed by atoms with Crippen molar-refractivity contribution in [3.05, 3.63) is 0 Å². The maximum Gasteiger partial charge on any atom is 0.0629 e. The Kier molecular flexibility index (Phi) is 4.69. The van der Waals surface area contributed by atoms with E-state index in [4.69, 9.17) is 5.73 Å². The molecule has 0 aliphatic rings. The second kappa shape index (κ2) is 4.73. The Balaban J connectivity index is 3.88. The molecule has 0 spiro atoms. The normalized spacial score (nSPS) is 12.5. The van der Waals surface area contributed by atoms with E-state index in [2.05, 4.69) is 32.6 Å². The molecule has 0 aromatic heterocycles. The Bertz CT molecular complexity index is 88.2. The van der Waals surface area contributed by atoms with Gasteiger partial charge in [-0.15, -0.1) is 0 Å². The summed E-state index contributed by atoms with van der Waals surface area (Å²) in [6, 6.07) is 0. The molecule has 68 valence electrons. The van der Waals surface area contributed by atoms with Gasteiger partial charge >= 0.3 is 0 Å². The fourth-order valence-electron chi connectivity index (χ4n) is 1.23. The molecule has 2 nitrogen and oxygen atoms in total. The predicted molar refractivity (Wildman–Crippen MR) is 50.4 cm³/mol. The monoisotopic (exact) mass is 158 g/mol. The highest BCUT2D eigenvalue weighted by Crippen LogP contribution is 2.07. The number of hydrogen-bond donors (Lipinski definition) is 1. The molecule has 0 bridgehead atoms. The molecule has 0 amide bonds. The molecule has 0 saturated carbocycles. The van der Waals surface area contributed by atoms with Crippen molar-refractivity contribution in [2.45, 2.75) is 46.2 Å². The van der Waals surface area contributed by atoms with E-state index >= 15 is 0 Å². The minimum atomic E-state index is -0.147. The molecule has 0 aromatic rings. The van der Waals surface area contributed by atoms with Crippen LogP contribution in [0, 0.1) is 0 Å². The van der Waals surface area contributed by atoms with Crippen LogP contribution >= 0.6 is 0 Å². The highest BCUT2D eigenvalue weighted by molar-refractivity contribution is 4.73. The van der Waals surface area contributed by atoms with Crippen LogP contribution in [0.1, 0.15) is 40.5 Å². The van der Waals surface area contributed by atoms with Crippen LogP contribution in [-0.2, 0) is 0 Å². The topological polar surface area (TPSA) is 29.3 Å². The molecule has 11 heavy (non-hydrogen) atoms. The highest BCUT2D eigenvalue weighted by atomic mass is 15.3. The number of rotatable bonds is 5. The van der Waals surface area contributed by atoms with Crippen LogP contribution in [0.3, 0.4) is 0 Å². The highest BCUT2D eigenvalue weighted by Gasteiger charge is 2.19. The Morgan fingerprint density at radius 2 is 1.45 bits per heavy atom. The van der Waals surface area contributed by atoms with Crippen LogP contribution < -0.4 is 5.73 Å². The molecule has 0 fully saturated rings. The van der Waals surface area contributed by atoms with Crippen molar-refractivity contribution < 1.29 is 0 Å². The summed E-state index contributed by atoms with van der Waals surface area (Å²) in [6.07, 6.45) is 2.36. The quantitative estimate of drug-likeness (QED) is 0.618. The molecular formula is C9H22N2. The lowest BCUT2D eigenvalue weighted by atomic mass is 10.2. The van der Waals surface area contributed by atoms with E-state index in [1.165, 1.54) is 12.8 Å². The van der Waals surface area contributed by atoms with Crippen molar-refractivity contribution in [1.82, 2.24) is 4.90 Å². The van der Waals surface area contributed by atoms with E-state index in [0.717, 1.165) is 13.1 Å². The molecule has 0 saturated heterocycles. The summed E-state index contributed by atoms with van der Waals surface area (Å²) < 4.78 is 0. The first-order chi connectivity index (χ1) is 5.02. The summed E-state index contributed by atoms with van der Waals surface area (Å²) in [5.74, 6) is 0. The Labute approximate surface area is 70.8 Å². The molecule has 2 N–H and O–H groups in total. The summed E-state index contributed by atoms with van der Waals surface area (Å²) >= 11 is 0. The van der Waals surface area contributed by atoms with E-state index in [0.29, 0.717) is 0 Å². The number of hydrogen-bond acceptors (Lipinski definition) is 2. The maximum atomic E-state index is 5.98. The van der Waals surface area contributed by atoms with E-state index in [-0.39, 0.29) is 5.66 Å². The summed E-state index contributed by atoms with van der Waals surface area (Å²) in [6.45, 7) is 10.7. The van der Waals surface area contributed by atoms with Gasteiger partial charge in [-0.05, 0) is 39.8 Å². The number of nitrogens with two attached hydrogens (primary N) is 1. The van der Waals surface area contributed by atoms with E-state index in [9.17, 15) is 0 Å². The molecule has 0 aliphatic heterocycles. The van der Waals surface area contributed by atoms with Gasteiger partial charge in [0.1, 0.15) is 0 Å². The SMILES string of the molecule is CCCN(CCC)C(C)(C)N. The molecule has 0 heterocycles. The fourth-order valence-corrected chi connectivity index (χ4v) is 1.23. The maximum absolute atomic E-state index is 5.98. The van der Waals surface area contributed by atoms with Gasteiger partial charge in [0.15, 0.2) is 0 Å². The average Bonchev–Trinajstić information content (AvgIpc) is 1.85. The lowest BCUT2D eigenvalue weighted by Gasteiger charge is -2.34. The van der Waals surface area contributed by atoms with Crippen LogP contribution in [0.15, 0.2) is 0 Å². The van der Waals surface area contributed by atoms with Crippen molar-refractivity contribution in [3.63, 3.8) is 0 Å². The van der Waals surface area contributed by atoms with Crippen LogP contribution in [0.4, 0.5) is 0 Å². The number of nitrogens with zero attached hydrogens (tertiary/aromatic N) is 1. The fraction of sp³-hybridized carbons (Fsp3) is 1.00. The smallest absolute Gasteiger partial charge is 0.0629 e. The van der Waals surface area contributed by atoms with Crippen molar-refractivity contribution in [3.8, 4) is 0 Å². The zero-order valence-electron chi connectivity index (χ0n) is 8.35. The van der Waals surface area contributed by atoms with Gasteiger partial charge < -0.3 is 5.73 Å². The summed E-state index contributed by atoms with van der Waals surface area (Å²) in [5, 5.41) is 0. The zero-order valence-corrected chi connectivity index (χ0v) is 8.35. The van der Waals surface area contributed by atoms with Gasteiger partial charge in [0.05, 0.1) is 5.66 Å². The molecule has 0 aliphatic carbocycles. The molecule has 2 heteroatoms. The van der Waals surface area contributed by atoms with Crippen molar-refractivity contribution in [2.24, 2.45) is 5.73 Å². The molecular weight excluding hydrogens is 136 g/mol. The first kappa shape index (κ1) is 10.9. The summed E-state index contributed by atoms with van der Waals surface area (Å²) in [4.78, 5) is 2.33. The standard InChI is InChI=1S/C9H22N2/c1-5-7-11(8-6-2)9(3,4)10/h5-8,10H2,1-4H3. The Hall–Kier alpha value is -0.0800. The minimum Gasteiger partial charge on any atom is -0.314 e. The zero-order chi connectivity index (χ0) is 8.91. The first-order valence-electron chi connectivity index (χ1n) is 4.56. The van der Waals surface area contributed by atoms with Gasteiger partial charge in [0.2, 0.25) is 0 Å². The minimum absolute atomic E-state index is 0.147. The molecule has 0 aromatic carbocycles. The van der Waals surface area contributed by atoms with Gasteiger partial charge in [-0.1, -0.05) is 13.8 Å². The lowest BCUT2D eigenvalue weighted by Crippen LogP contribution is -2.51. The Morgan fingerprint density at radius 1 is 1.09 bits per heavy atom. The van der Waals surface area contributed by atoms with Gasteiger partial charge in [-0.3, -0.25) is 4.90 Å². The van der Waals surface area contributed by atoms with E-state index in [1.54, 1.807) is 0 Å². The van der Waals surface area contributed by atoms with Crippen molar-refractivity contribution >= 4 is 0 Å². The molecule has 0 atom stereocenters. The van der Waals surface area contributed by atoms with Gasteiger partial charge in [-0.2, -0.15) is 0 Å².